The first-order valence-corrected chi connectivity index (χ1v) is 14.2. The van der Waals surface area contributed by atoms with Crippen LogP contribution < -0.4 is 17.0 Å². The lowest BCUT2D eigenvalue weighted by atomic mass is 9.70. The third kappa shape index (κ3) is 4.33. The summed E-state index contributed by atoms with van der Waals surface area (Å²) in [7, 11) is 0. The molecule has 0 spiro atoms. The van der Waals surface area contributed by atoms with Gasteiger partial charge in [0.15, 0.2) is 0 Å². The number of halogens is 2. The number of rotatable bonds is 4. The van der Waals surface area contributed by atoms with Gasteiger partial charge in [0.05, 0.1) is 27.7 Å². The van der Waals surface area contributed by atoms with Crippen molar-refractivity contribution in [1.82, 2.24) is 14.0 Å². The average Bonchev–Trinajstić information content (AvgIpc) is 3.28. The maximum absolute atomic E-state index is 16.3. The molecule has 1 aromatic carbocycles. The van der Waals surface area contributed by atoms with Crippen molar-refractivity contribution in [2.45, 2.75) is 70.1 Å². The zero-order valence-corrected chi connectivity index (χ0v) is 23.8. The van der Waals surface area contributed by atoms with Gasteiger partial charge >= 0.3 is 5.69 Å². The van der Waals surface area contributed by atoms with Gasteiger partial charge in [-0.2, -0.15) is 0 Å². The van der Waals surface area contributed by atoms with Crippen molar-refractivity contribution in [1.29, 1.82) is 0 Å². The maximum Gasteiger partial charge on any atom is 0.340 e. The Balaban J connectivity index is 1.54. The van der Waals surface area contributed by atoms with Crippen molar-refractivity contribution < 1.29 is 14.3 Å². The third-order valence-electron chi connectivity index (χ3n) is 9.07. The summed E-state index contributed by atoms with van der Waals surface area (Å²) in [6.45, 7) is 5.36. The predicted octanol–water partition coefficient (Wildman–Crippen LogP) is 4.06. The van der Waals surface area contributed by atoms with Gasteiger partial charge in [-0.25, -0.2) is 13.8 Å². The first-order chi connectivity index (χ1) is 19.4. The minimum Gasteiger partial charge on any atom is -0.390 e. The molecule has 3 aromatic heterocycles. The first kappa shape index (κ1) is 27.5. The van der Waals surface area contributed by atoms with Gasteiger partial charge in [0.1, 0.15) is 6.17 Å². The van der Waals surface area contributed by atoms with Crippen LogP contribution in [-0.2, 0) is 17.6 Å². The number of aliphatic hydroxyl groups is 1. The minimum atomic E-state index is -1.42. The van der Waals surface area contributed by atoms with Gasteiger partial charge in [-0.05, 0) is 92.8 Å². The van der Waals surface area contributed by atoms with Gasteiger partial charge < -0.3 is 15.8 Å². The summed E-state index contributed by atoms with van der Waals surface area (Å²) in [5.41, 5.74) is 8.82. The summed E-state index contributed by atoms with van der Waals surface area (Å²) in [6.07, 6.45) is 1.95. The number of hydrogen-bond acceptors (Lipinski definition) is 4. The minimum absolute atomic E-state index is 0.00748. The summed E-state index contributed by atoms with van der Waals surface area (Å²) >= 11 is 6.24. The molecule has 2 aliphatic rings. The quantitative estimate of drug-likeness (QED) is 0.338. The van der Waals surface area contributed by atoms with E-state index in [9.17, 15) is 19.5 Å². The number of hydrogen-bond donors (Lipinski definition) is 3. The Morgan fingerprint density at radius 3 is 2.68 bits per heavy atom. The van der Waals surface area contributed by atoms with Crippen LogP contribution in [0.5, 0.6) is 0 Å². The number of alkyl halides is 1. The molecule has 41 heavy (non-hydrogen) atoms. The number of primary amides is 1. The topological polar surface area (TPSA) is 123 Å². The second-order valence-corrected chi connectivity index (χ2v) is 12.3. The fourth-order valence-corrected chi connectivity index (χ4v) is 7.10. The van der Waals surface area contributed by atoms with Gasteiger partial charge in [-0.1, -0.05) is 23.7 Å². The number of aromatic nitrogens is 3. The summed E-state index contributed by atoms with van der Waals surface area (Å²) in [4.78, 5) is 42.6. The molecule has 6 rings (SSSR count). The molecule has 2 aliphatic carbocycles. The van der Waals surface area contributed by atoms with E-state index in [0.29, 0.717) is 40.9 Å². The zero-order valence-electron chi connectivity index (χ0n) is 23.1. The van der Waals surface area contributed by atoms with Crippen molar-refractivity contribution >= 4 is 23.0 Å². The normalized spacial score (nSPS) is 22.4. The van der Waals surface area contributed by atoms with Crippen LogP contribution in [0.4, 0.5) is 4.39 Å². The first-order valence-electron chi connectivity index (χ1n) is 13.8. The Kier molecular flexibility index (Phi) is 6.50. The van der Waals surface area contributed by atoms with Gasteiger partial charge in [0.2, 0.25) is 5.91 Å². The van der Waals surface area contributed by atoms with E-state index in [1.165, 1.54) is 10.5 Å². The predicted molar refractivity (Wildman–Crippen MR) is 155 cm³/mol. The molecule has 4 unspecified atom stereocenters. The van der Waals surface area contributed by atoms with E-state index in [-0.39, 0.29) is 17.4 Å². The molecule has 1 amide bonds. The van der Waals surface area contributed by atoms with Gasteiger partial charge in [0.25, 0.3) is 5.56 Å². The Hall–Kier alpha value is -3.69. The van der Waals surface area contributed by atoms with E-state index in [1.54, 1.807) is 51.2 Å². The fourth-order valence-electron chi connectivity index (χ4n) is 6.88. The molecule has 4 aromatic rings. The molecule has 0 saturated carbocycles. The lowest BCUT2D eigenvalue weighted by molar-refractivity contribution is -0.120. The number of H-pyrrole nitrogens is 1. The maximum atomic E-state index is 16.3. The highest BCUT2D eigenvalue weighted by Crippen LogP contribution is 2.49. The van der Waals surface area contributed by atoms with E-state index in [4.69, 9.17) is 17.3 Å². The molecular formula is C31H32ClFN4O4. The Labute approximate surface area is 240 Å². The number of amides is 1. The van der Waals surface area contributed by atoms with Gasteiger partial charge in [-0.15, -0.1) is 0 Å². The van der Waals surface area contributed by atoms with Gasteiger partial charge in [-0.3, -0.25) is 14.0 Å². The number of nitrogens with zero attached hydrogens (tertiary/aromatic N) is 2. The molecular weight excluding hydrogens is 547 g/mol. The number of nitrogens with two attached hydrogens (primary N) is 1. The zero-order chi connectivity index (χ0) is 29.4. The van der Waals surface area contributed by atoms with E-state index >= 15 is 4.39 Å². The molecule has 0 saturated heterocycles. The number of aromatic amines is 1. The number of benzene rings is 1. The molecule has 8 nitrogen and oxygen atoms in total. The summed E-state index contributed by atoms with van der Waals surface area (Å²) < 4.78 is 18.6. The number of nitrogens with one attached hydrogen (secondary N) is 1. The molecule has 4 N–H and O–H groups in total. The number of pyridine rings is 1. The Morgan fingerprint density at radius 1 is 1.22 bits per heavy atom. The van der Waals surface area contributed by atoms with Crippen molar-refractivity contribution in [3.05, 3.63) is 102 Å². The van der Waals surface area contributed by atoms with E-state index in [0.717, 1.165) is 27.8 Å². The molecule has 0 aliphatic heterocycles. The van der Waals surface area contributed by atoms with E-state index in [1.807, 2.05) is 6.07 Å². The van der Waals surface area contributed by atoms with Crippen molar-refractivity contribution in [3.8, 4) is 5.69 Å². The summed E-state index contributed by atoms with van der Waals surface area (Å²) in [5.74, 6) is -2.12. The van der Waals surface area contributed by atoms with Crippen LogP contribution in [0.3, 0.4) is 0 Å². The SMILES string of the molecule is Cc1c(C2c3c([nH]c4c3CCC(C(C)(C)O)C4)C(C(N)=O)CC2F)cccc1-n1c(=O)cc2c(Cl)cccn2c1=O. The number of carbonyl (C=O) groups is 1. The molecule has 10 heteroatoms. The second kappa shape index (κ2) is 9.70. The van der Waals surface area contributed by atoms with Crippen LogP contribution in [-0.4, -0.2) is 36.7 Å². The lowest BCUT2D eigenvalue weighted by Crippen LogP contribution is -2.37. The highest BCUT2D eigenvalue weighted by molar-refractivity contribution is 6.33. The Bertz CT molecular complexity index is 1830. The highest BCUT2D eigenvalue weighted by Gasteiger charge is 2.44. The molecule has 214 valence electrons. The van der Waals surface area contributed by atoms with Crippen molar-refractivity contribution in [3.63, 3.8) is 0 Å². The van der Waals surface area contributed by atoms with E-state index in [2.05, 4.69) is 4.98 Å². The molecule has 0 bridgehead atoms. The number of carbonyl (C=O) groups excluding carboxylic acids is 1. The summed E-state index contributed by atoms with van der Waals surface area (Å²) in [6, 6.07) is 9.74. The summed E-state index contributed by atoms with van der Waals surface area (Å²) in [5, 5.41) is 11.0. The van der Waals surface area contributed by atoms with Crippen LogP contribution in [0.15, 0.2) is 52.2 Å². The standard InChI is InChI=1S/C31H32ClFN4O4/c1-15-17(6-4-8-23(15)37-25(38)14-24-20(32)7-5-11-36(24)30(37)40)26-21(33)13-19(29(34)39)28-27(26)18-10-9-16(31(2,3)41)12-22(18)35-28/h4-8,11,14,16,19,21,26,35,41H,9-10,12-13H2,1-3H3,(H2,34,39). The largest absolute Gasteiger partial charge is 0.390 e. The van der Waals surface area contributed by atoms with Crippen LogP contribution >= 0.6 is 11.6 Å². The van der Waals surface area contributed by atoms with Crippen molar-refractivity contribution in [2.75, 3.05) is 0 Å². The third-order valence-corrected chi connectivity index (χ3v) is 9.39. The molecule has 3 heterocycles. The molecule has 0 fully saturated rings. The fraction of sp³-hybridized carbons (Fsp3) is 0.387. The van der Waals surface area contributed by atoms with Crippen molar-refractivity contribution in [2.24, 2.45) is 11.7 Å². The monoisotopic (exact) mass is 578 g/mol. The van der Waals surface area contributed by atoms with Crippen LogP contribution in [0.25, 0.3) is 11.2 Å². The second-order valence-electron chi connectivity index (χ2n) is 11.9. The number of fused-ring (bicyclic) bond motifs is 4. The smallest absolute Gasteiger partial charge is 0.340 e. The van der Waals surface area contributed by atoms with Crippen LogP contribution in [0.1, 0.15) is 72.2 Å². The highest BCUT2D eigenvalue weighted by atomic mass is 35.5. The lowest BCUT2D eigenvalue weighted by Gasteiger charge is -2.35. The van der Waals surface area contributed by atoms with Crippen LogP contribution in [0, 0.1) is 12.8 Å². The van der Waals surface area contributed by atoms with Gasteiger partial charge in [0, 0.05) is 29.6 Å². The van der Waals surface area contributed by atoms with Crippen LogP contribution in [0.2, 0.25) is 5.02 Å². The Morgan fingerprint density at radius 2 is 1.98 bits per heavy atom. The molecule has 4 atom stereocenters. The van der Waals surface area contributed by atoms with E-state index < -0.39 is 40.8 Å². The average molecular weight is 579 g/mol. The molecule has 0 radical (unpaired) electrons.